The lowest BCUT2D eigenvalue weighted by Gasteiger charge is -2.39. The Hall–Kier alpha value is -9.99. The number of hydrogen-bond donors (Lipinski definition) is 0. The second-order valence-corrected chi connectivity index (χ2v) is 25.3. The number of likely N-dealkylation sites (tertiary alicyclic amines) is 3. The molecule has 9 aromatic rings. The third-order valence-corrected chi connectivity index (χ3v) is 19.3. The van der Waals surface area contributed by atoms with Gasteiger partial charge in [-0.25, -0.2) is 48.7 Å². The van der Waals surface area contributed by atoms with Crippen molar-refractivity contribution >= 4 is 35.2 Å². The number of rotatable bonds is 12. The van der Waals surface area contributed by atoms with Gasteiger partial charge in [0.05, 0.1) is 65.3 Å². The van der Waals surface area contributed by atoms with Crippen molar-refractivity contribution in [3.8, 4) is 28.5 Å². The van der Waals surface area contributed by atoms with Gasteiger partial charge in [-0.15, -0.1) is 4.80 Å². The van der Waals surface area contributed by atoms with Crippen LogP contribution in [0.15, 0.2) is 153 Å². The molecule has 0 spiro atoms. The molecule has 3 saturated carbocycles. The molecule has 7 aromatic heterocycles. The van der Waals surface area contributed by atoms with Gasteiger partial charge in [-0.2, -0.15) is 10.2 Å². The van der Waals surface area contributed by atoms with Gasteiger partial charge in [0, 0.05) is 95.4 Å². The molecule has 20 nitrogen and oxygen atoms in total. The normalized spacial score (nSPS) is 22.2. The Balaban J connectivity index is 0.000000126. The second kappa shape index (κ2) is 25.7. The highest BCUT2D eigenvalue weighted by Crippen LogP contribution is 2.45. The molecule has 3 saturated heterocycles. The highest BCUT2D eigenvalue weighted by atomic mass is 19.1. The Labute approximate surface area is 533 Å². The quantitative estimate of drug-likeness (QED) is 0.112. The Morgan fingerprint density at radius 3 is 1.38 bits per heavy atom. The predicted molar refractivity (Wildman–Crippen MR) is 345 cm³/mol. The lowest BCUT2D eigenvalue weighted by atomic mass is 10.0. The molecule has 22 heteroatoms. The molecule has 6 aliphatic rings. The largest absolute Gasteiger partial charge is 0.355 e. The van der Waals surface area contributed by atoms with Crippen LogP contribution in [0.1, 0.15) is 92.1 Å². The molecule has 2 aromatic carbocycles. The van der Waals surface area contributed by atoms with Gasteiger partial charge in [0.25, 0.3) is 17.7 Å². The molecule has 3 aliphatic carbocycles. The first-order valence-electron chi connectivity index (χ1n) is 31.4. The van der Waals surface area contributed by atoms with Gasteiger partial charge in [-0.3, -0.25) is 14.4 Å². The summed E-state index contributed by atoms with van der Waals surface area (Å²) in [6.45, 7) is 10.1. The van der Waals surface area contributed by atoms with E-state index in [4.69, 9.17) is 0 Å². The maximum Gasteiger partial charge on any atom is 0.275 e. The highest BCUT2D eigenvalue weighted by Gasteiger charge is 2.52. The molecule has 0 radical (unpaired) electrons. The molecular formula is C70H73F2N17O3. The highest BCUT2D eigenvalue weighted by molar-refractivity contribution is 6.01. The van der Waals surface area contributed by atoms with Crippen LogP contribution in [0.2, 0.25) is 0 Å². The van der Waals surface area contributed by atoms with Gasteiger partial charge < -0.3 is 29.4 Å². The van der Waals surface area contributed by atoms with E-state index in [1.807, 2.05) is 111 Å². The fraction of sp³-hybridized carbons (Fsp3) is 0.357. The summed E-state index contributed by atoms with van der Waals surface area (Å²) in [7, 11) is 6.16. The summed E-state index contributed by atoms with van der Waals surface area (Å²) in [6, 6.07) is 29.1. The van der Waals surface area contributed by atoms with E-state index < -0.39 is 11.6 Å². The number of carbonyl (C=O) groups is 3. The zero-order valence-corrected chi connectivity index (χ0v) is 52.6. The van der Waals surface area contributed by atoms with Crippen LogP contribution in [0.25, 0.3) is 28.5 Å². The van der Waals surface area contributed by atoms with Crippen molar-refractivity contribution in [2.75, 3.05) is 55.5 Å². The Kier molecular flexibility index (Phi) is 17.0. The topological polar surface area (TPSA) is 204 Å². The first-order chi connectivity index (χ1) is 44.5. The van der Waals surface area contributed by atoms with E-state index in [1.165, 1.54) is 23.0 Å². The number of fused-ring (bicyclic) bond motifs is 6. The van der Waals surface area contributed by atoms with Crippen molar-refractivity contribution in [2.24, 2.45) is 17.8 Å². The summed E-state index contributed by atoms with van der Waals surface area (Å²) in [5, 5.41) is 8.40. The van der Waals surface area contributed by atoms with E-state index in [1.54, 1.807) is 67.5 Å². The Morgan fingerprint density at radius 2 is 0.924 bits per heavy atom. The average molecular weight is 1240 g/mol. The van der Waals surface area contributed by atoms with E-state index in [2.05, 4.69) is 83.9 Å². The second-order valence-electron chi connectivity index (χ2n) is 25.3. The van der Waals surface area contributed by atoms with Gasteiger partial charge in [0.1, 0.15) is 34.8 Å². The molecule has 9 atom stereocenters. The van der Waals surface area contributed by atoms with Gasteiger partial charge in [0.2, 0.25) is 0 Å². The number of piperidine rings is 3. The first-order valence-corrected chi connectivity index (χ1v) is 31.4. The van der Waals surface area contributed by atoms with Crippen LogP contribution in [0.3, 0.4) is 0 Å². The maximum absolute atomic E-state index is 14.8. The summed E-state index contributed by atoms with van der Waals surface area (Å²) in [4.78, 5) is 89.8. The van der Waals surface area contributed by atoms with Gasteiger partial charge in [-0.05, 0) is 173 Å². The number of benzene rings is 2. The fourth-order valence-electron chi connectivity index (χ4n) is 14.8. The minimum absolute atomic E-state index is 0.0477. The minimum Gasteiger partial charge on any atom is -0.355 e. The maximum atomic E-state index is 14.8. The summed E-state index contributed by atoms with van der Waals surface area (Å²) < 4.78 is 28.9. The summed E-state index contributed by atoms with van der Waals surface area (Å²) in [5.41, 5.74) is 6.55. The van der Waals surface area contributed by atoms with E-state index in [-0.39, 0.29) is 65.4 Å². The number of aryl methyl sites for hydroxylation is 4. The Bertz CT molecular complexity index is 4020. The number of hydrogen-bond acceptors (Lipinski definition) is 16. The monoisotopic (exact) mass is 1240 g/mol. The van der Waals surface area contributed by atoms with E-state index in [0.29, 0.717) is 64.7 Å². The van der Waals surface area contributed by atoms with Crippen molar-refractivity contribution in [2.45, 2.75) is 102 Å². The molecular weight excluding hydrogens is 1160 g/mol. The summed E-state index contributed by atoms with van der Waals surface area (Å²) >= 11 is 0. The Morgan fingerprint density at radius 1 is 0.467 bits per heavy atom. The van der Waals surface area contributed by atoms with Crippen LogP contribution < -0.4 is 14.7 Å². The third-order valence-electron chi connectivity index (χ3n) is 19.3. The lowest BCUT2D eigenvalue weighted by Crippen LogP contribution is -2.51. The van der Waals surface area contributed by atoms with E-state index >= 15 is 0 Å². The van der Waals surface area contributed by atoms with Crippen LogP contribution in [0, 0.1) is 57.1 Å². The minimum atomic E-state index is -0.487. The van der Waals surface area contributed by atoms with Gasteiger partial charge >= 0.3 is 0 Å². The zero-order valence-electron chi connectivity index (χ0n) is 52.6. The van der Waals surface area contributed by atoms with Crippen molar-refractivity contribution < 1.29 is 23.2 Å². The van der Waals surface area contributed by atoms with Crippen molar-refractivity contribution in [3.63, 3.8) is 0 Å². The molecule has 470 valence electrons. The number of anilines is 3. The molecule has 92 heavy (non-hydrogen) atoms. The molecule has 0 N–H and O–H groups in total. The van der Waals surface area contributed by atoms with Gasteiger partial charge in [-0.1, -0.05) is 24.3 Å². The smallest absolute Gasteiger partial charge is 0.275 e. The molecule has 3 aliphatic heterocycles. The lowest BCUT2D eigenvalue weighted by molar-refractivity contribution is 0.0671. The van der Waals surface area contributed by atoms with Crippen molar-refractivity contribution in [3.05, 3.63) is 204 Å². The molecule has 6 bridgehead atoms. The summed E-state index contributed by atoms with van der Waals surface area (Å²) in [6.07, 6.45) is 21.2. The molecule has 15 rings (SSSR count). The predicted octanol–water partition coefficient (Wildman–Crippen LogP) is 9.86. The molecule has 6 fully saturated rings. The van der Waals surface area contributed by atoms with Crippen molar-refractivity contribution in [1.82, 2.24) is 69.6 Å². The number of aromatic nitrogens is 11. The van der Waals surface area contributed by atoms with E-state index in [0.717, 1.165) is 84.9 Å². The average Bonchev–Trinajstić information content (AvgIpc) is 1.62. The van der Waals surface area contributed by atoms with Crippen LogP contribution in [-0.4, -0.2) is 164 Å². The molecule has 3 amide bonds. The molecule has 10 heterocycles. The molecule has 9 unspecified atom stereocenters. The van der Waals surface area contributed by atoms with Gasteiger partial charge in [0.15, 0.2) is 17.3 Å². The van der Waals surface area contributed by atoms with Crippen LogP contribution >= 0.6 is 0 Å². The standard InChI is InChI=1S/2C24H24FN5O.C22H25N7O/c1-15-4-7-22(28-13-15)29(2)20-10-16-11-21(20)30(14-16)24(31)19-12-17(25)5-6-18(19)23-26-8-3-9-27-23;1-15-7-8-21(28-13-15)29(2)19-11-16-12-20(19)30(14-16)24(31)17-5-3-6-18(25)22(17)23-26-9-4-10-27-23;1-14-4-7-20(23-12-14)27(3)18-10-16-11-19(18)28(13-16)22(30)21-17(6-5-15(2)26-21)29-24-8-9-25-29/h3-9,12-13,16,20-21H,10-11,14H2,1-2H3;3-10,13,16,19-20H,11-12,14H2,1-2H3;4-9,12,16,18-19H,10-11,13H2,1-3H3. The summed E-state index contributed by atoms with van der Waals surface area (Å²) in [5.74, 6) is 3.49. The van der Waals surface area contributed by atoms with E-state index in [9.17, 15) is 23.2 Å². The van der Waals surface area contributed by atoms with Crippen LogP contribution in [0.4, 0.5) is 26.2 Å². The van der Waals surface area contributed by atoms with Crippen molar-refractivity contribution in [1.29, 1.82) is 0 Å². The number of halogens is 2. The number of carbonyl (C=O) groups excluding carboxylic acids is 3. The number of pyridine rings is 4. The SMILES string of the molecule is Cc1ccc(N(C)C2CC3CC2N(C(=O)c2cc(F)ccc2-c2ncccn2)C3)nc1.Cc1ccc(N(C)C2CC3CC2N(C(=O)c2cccc(F)c2-c2ncccn2)C3)nc1.Cc1ccc(N(C)C2CC3CC2N(C(=O)c2nc(C)ccc2-n2nccn2)C3)nc1. The number of likely N-dealkylation sites (N-methyl/N-ethyl adjacent to an activating group) is 3. The third kappa shape index (κ3) is 12.1. The number of nitrogens with zero attached hydrogens (tertiary/aromatic N) is 17. The number of amides is 3. The van der Waals surface area contributed by atoms with Crippen LogP contribution in [0.5, 0.6) is 0 Å². The first kappa shape index (κ1) is 60.9. The van der Waals surface area contributed by atoms with Crippen LogP contribution in [-0.2, 0) is 0 Å². The zero-order chi connectivity index (χ0) is 63.9. The fourth-order valence-corrected chi connectivity index (χ4v) is 14.8.